The maximum atomic E-state index is 14.3. The minimum Gasteiger partial charge on any atom is -0.494 e. The first-order valence-electron chi connectivity index (χ1n) is 19.5. The maximum absolute atomic E-state index is 14.3. The van der Waals surface area contributed by atoms with Crippen molar-refractivity contribution in [2.24, 2.45) is 9.98 Å². The van der Waals surface area contributed by atoms with E-state index in [4.69, 9.17) is 38.4 Å². The van der Waals surface area contributed by atoms with Crippen molar-refractivity contribution >= 4 is 35.6 Å². The SMILES string of the molecule is CCCCOc1ccc(C2=NC(=Cc3ccc(OC)c(OC)c3)C(=O)N2CCN2C(=O)C(=Cc3ccc(OC)c(OC)c3)N=C2c2ccc(OCCCC)cc2)cc1. The summed E-state index contributed by atoms with van der Waals surface area (Å²) in [5.41, 5.74) is 3.34. The summed E-state index contributed by atoms with van der Waals surface area (Å²) in [7, 11) is 6.26. The summed E-state index contributed by atoms with van der Waals surface area (Å²) >= 11 is 0. The molecule has 0 radical (unpaired) electrons. The summed E-state index contributed by atoms with van der Waals surface area (Å²) in [6.07, 6.45) is 7.38. The molecule has 12 heteroatoms. The summed E-state index contributed by atoms with van der Waals surface area (Å²) in [5.74, 6) is 3.94. The molecule has 12 nitrogen and oxygen atoms in total. The molecule has 0 N–H and O–H groups in total. The average Bonchev–Trinajstić information content (AvgIpc) is 3.73. The van der Waals surface area contributed by atoms with Gasteiger partial charge in [0, 0.05) is 24.2 Å². The van der Waals surface area contributed by atoms with E-state index in [1.54, 1.807) is 74.7 Å². The zero-order chi connectivity index (χ0) is 41.0. The molecule has 0 aromatic heterocycles. The first-order valence-corrected chi connectivity index (χ1v) is 19.5. The van der Waals surface area contributed by atoms with E-state index in [2.05, 4.69) is 13.8 Å². The van der Waals surface area contributed by atoms with E-state index in [0.29, 0.717) is 59.0 Å². The van der Waals surface area contributed by atoms with Crippen LogP contribution in [0.15, 0.2) is 106 Å². The monoisotopic (exact) mass is 786 g/mol. The van der Waals surface area contributed by atoms with E-state index in [1.807, 2.05) is 60.7 Å². The average molecular weight is 787 g/mol. The van der Waals surface area contributed by atoms with Crippen LogP contribution < -0.4 is 28.4 Å². The largest absolute Gasteiger partial charge is 0.494 e. The summed E-state index contributed by atoms with van der Waals surface area (Å²) in [6.45, 7) is 5.71. The molecule has 4 aromatic carbocycles. The molecule has 0 saturated carbocycles. The molecule has 0 aliphatic carbocycles. The third-order valence-corrected chi connectivity index (χ3v) is 9.62. The number of unbranched alkanes of at least 4 members (excludes halogenated alkanes) is 2. The van der Waals surface area contributed by atoms with Crippen LogP contribution >= 0.6 is 0 Å². The van der Waals surface area contributed by atoms with Crippen molar-refractivity contribution in [3.05, 3.63) is 119 Å². The summed E-state index contributed by atoms with van der Waals surface area (Å²) in [5, 5.41) is 0. The predicted octanol–water partition coefficient (Wildman–Crippen LogP) is 8.04. The number of methoxy groups -OCH3 is 4. The molecule has 2 aliphatic heterocycles. The fourth-order valence-electron chi connectivity index (χ4n) is 6.43. The quantitative estimate of drug-likeness (QED) is 0.0692. The molecular formula is C46H50N4O8. The van der Waals surface area contributed by atoms with Crippen LogP contribution in [0.3, 0.4) is 0 Å². The molecule has 302 valence electrons. The van der Waals surface area contributed by atoms with Gasteiger partial charge in [0.15, 0.2) is 23.0 Å². The van der Waals surface area contributed by atoms with Gasteiger partial charge < -0.3 is 28.4 Å². The third-order valence-electron chi connectivity index (χ3n) is 9.62. The number of amides is 2. The zero-order valence-electron chi connectivity index (χ0n) is 33.9. The maximum Gasteiger partial charge on any atom is 0.278 e. The second kappa shape index (κ2) is 19.5. The standard InChI is InChI=1S/C46H50N4O8/c1-7-9-25-57-35-17-13-33(14-18-35)43-47-37(27-31-11-21-39(53-3)41(29-31)55-5)45(51)49(43)23-24-50-44(34-15-19-36(20-16-34)58-26-10-8-2)48-38(46(50)52)28-32-12-22-40(54-4)42(30-32)56-6/h11-22,27-30H,7-10,23-26H2,1-6H3. The van der Waals surface area contributed by atoms with Crippen molar-refractivity contribution in [1.29, 1.82) is 0 Å². The molecule has 2 heterocycles. The van der Waals surface area contributed by atoms with E-state index in [9.17, 15) is 9.59 Å². The number of hydrogen-bond acceptors (Lipinski definition) is 10. The summed E-state index contributed by atoms with van der Waals surface area (Å²) in [4.78, 5) is 41.5. The molecule has 58 heavy (non-hydrogen) atoms. The molecule has 0 atom stereocenters. The first-order chi connectivity index (χ1) is 28.3. The van der Waals surface area contributed by atoms with Gasteiger partial charge in [-0.05, 0) is 109 Å². The van der Waals surface area contributed by atoms with Crippen LogP contribution in [-0.2, 0) is 9.59 Å². The molecule has 2 aliphatic rings. The molecule has 0 fully saturated rings. The van der Waals surface area contributed by atoms with Crippen molar-refractivity contribution in [3.8, 4) is 34.5 Å². The van der Waals surface area contributed by atoms with Crippen LogP contribution in [0.25, 0.3) is 12.2 Å². The fraction of sp³-hybridized carbons (Fsp3) is 0.304. The van der Waals surface area contributed by atoms with E-state index >= 15 is 0 Å². The van der Waals surface area contributed by atoms with E-state index in [1.165, 1.54) is 0 Å². The minimum absolute atomic E-state index is 0.127. The first kappa shape index (κ1) is 41.1. The fourth-order valence-corrected chi connectivity index (χ4v) is 6.43. The molecule has 0 bridgehead atoms. The lowest BCUT2D eigenvalue weighted by Crippen LogP contribution is -2.42. The van der Waals surface area contributed by atoms with Gasteiger partial charge in [0.2, 0.25) is 0 Å². The molecular weight excluding hydrogens is 737 g/mol. The van der Waals surface area contributed by atoms with Crippen LogP contribution in [0.2, 0.25) is 0 Å². The Bertz CT molecular complexity index is 2050. The lowest BCUT2D eigenvalue weighted by Gasteiger charge is -2.24. The van der Waals surface area contributed by atoms with Gasteiger partial charge in [0.05, 0.1) is 41.7 Å². The Morgan fingerprint density at radius 2 is 0.897 bits per heavy atom. The Kier molecular flexibility index (Phi) is 13.8. The summed E-state index contributed by atoms with van der Waals surface area (Å²) in [6, 6.07) is 25.9. The Morgan fingerprint density at radius 1 is 0.517 bits per heavy atom. The van der Waals surface area contributed by atoms with Gasteiger partial charge in [-0.25, -0.2) is 9.98 Å². The van der Waals surface area contributed by atoms with Gasteiger partial charge in [0.25, 0.3) is 11.8 Å². The highest BCUT2D eigenvalue weighted by Gasteiger charge is 2.35. The van der Waals surface area contributed by atoms with Crippen LogP contribution in [0.5, 0.6) is 34.5 Å². The highest BCUT2D eigenvalue weighted by Crippen LogP contribution is 2.32. The Hall–Kier alpha value is -6.56. The van der Waals surface area contributed by atoms with Gasteiger partial charge in [-0.3, -0.25) is 19.4 Å². The Morgan fingerprint density at radius 3 is 1.24 bits per heavy atom. The zero-order valence-corrected chi connectivity index (χ0v) is 33.9. The van der Waals surface area contributed by atoms with Crippen molar-refractivity contribution in [3.63, 3.8) is 0 Å². The Balaban J connectivity index is 1.33. The predicted molar refractivity (Wildman–Crippen MR) is 225 cm³/mol. The molecule has 0 unspecified atom stereocenters. The Labute approximate surface area is 340 Å². The number of benzene rings is 4. The van der Waals surface area contributed by atoms with E-state index < -0.39 is 0 Å². The van der Waals surface area contributed by atoms with E-state index in [-0.39, 0.29) is 36.3 Å². The van der Waals surface area contributed by atoms with Crippen LogP contribution in [0.4, 0.5) is 0 Å². The highest BCUT2D eigenvalue weighted by atomic mass is 16.5. The van der Waals surface area contributed by atoms with Gasteiger partial charge in [-0.15, -0.1) is 0 Å². The molecule has 0 spiro atoms. The lowest BCUT2D eigenvalue weighted by molar-refractivity contribution is -0.125. The van der Waals surface area contributed by atoms with Crippen molar-refractivity contribution in [2.45, 2.75) is 39.5 Å². The van der Waals surface area contributed by atoms with Crippen molar-refractivity contribution in [2.75, 3.05) is 54.7 Å². The van der Waals surface area contributed by atoms with Crippen LogP contribution in [-0.4, -0.2) is 88.0 Å². The number of carbonyl (C=O) groups is 2. The normalized spacial score (nSPS) is 15.2. The van der Waals surface area contributed by atoms with E-state index in [0.717, 1.165) is 48.3 Å². The lowest BCUT2D eigenvalue weighted by atomic mass is 10.1. The molecule has 4 aromatic rings. The molecule has 6 rings (SSSR count). The highest BCUT2D eigenvalue weighted by molar-refractivity contribution is 6.21. The number of rotatable bonds is 19. The number of ether oxygens (including phenoxy) is 6. The van der Waals surface area contributed by atoms with Gasteiger partial charge in [-0.1, -0.05) is 38.8 Å². The minimum atomic E-state index is -0.312. The van der Waals surface area contributed by atoms with Crippen LogP contribution in [0, 0.1) is 0 Å². The number of aliphatic imine (C=N–C) groups is 2. The van der Waals surface area contributed by atoms with Gasteiger partial charge in [-0.2, -0.15) is 0 Å². The topological polar surface area (TPSA) is 121 Å². The second-order valence-corrected chi connectivity index (χ2v) is 13.5. The molecule has 2 amide bonds. The number of carbonyl (C=O) groups excluding carboxylic acids is 2. The van der Waals surface area contributed by atoms with Crippen molar-refractivity contribution < 1.29 is 38.0 Å². The second-order valence-electron chi connectivity index (χ2n) is 13.5. The number of hydrogen-bond donors (Lipinski definition) is 0. The number of amidine groups is 2. The van der Waals surface area contributed by atoms with Crippen LogP contribution in [0.1, 0.15) is 61.8 Å². The third kappa shape index (κ3) is 9.51. The summed E-state index contributed by atoms with van der Waals surface area (Å²) < 4.78 is 33.6. The van der Waals surface area contributed by atoms with Crippen molar-refractivity contribution in [1.82, 2.24) is 9.80 Å². The van der Waals surface area contributed by atoms with Gasteiger partial charge >= 0.3 is 0 Å². The molecule has 0 saturated heterocycles. The van der Waals surface area contributed by atoms with Gasteiger partial charge in [0.1, 0.15) is 34.6 Å². The smallest absolute Gasteiger partial charge is 0.278 e. The number of nitrogens with zero attached hydrogens (tertiary/aromatic N) is 4.